The van der Waals surface area contributed by atoms with Gasteiger partial charge >= 0.3 is 5.25 Å². The lowest BCUT2D eigenvalue weighted by atomic mass is 10.3. The zero-order valence-corrected chi connectivity index (χ0v) is 6.08. The molecule has 0 aromatic heterocycles. The van der Waals surface area contributed by atoms with Gasteiger partial charge in [0.25, 0.3) is 0 Å². The van der Waals surface area contributed by atoms with E-state index in [0.29, 0.717) is 0 Å². The number of hydrogen-bond acceptors (Lipinski definition) is 2. The van der Waals surface area contributed by atoms with E-state index < -0.39 is 28.6 Å². The largest absolute Gasteiger partial charge is 0.373 e. The fraction of sp³-hybridized carbons (Fsp3) is 1.00. The summed E-state index contributed by atoms with van der Waals surface area (Å²) in [7, 11) is -4.00. The summed E-state index contributed by atoms with van der Waals surface area (Å²) in [4.78, 5) is 0. The van der Waals surface area contributed by atoms with Gasteiger partial charge in [0.1, 0.15) is 0 Å². The van der Waals surface area contributed by atoms with Gasteiger partial charge in [-0.3, -0.25) is 0 Å². The number of hydrogen-bond donors (Lipinski definition) is 1. The number of rotatable bonds is 3. The van der Waals surface area contributed by atoms with Gasteiger partial charge in [-0.2, -0.15) is 8.78 Å². The minimum Gasteiger partial charge on any atom is -0.240 e. The van der Waals surface area contributed by atoms with Crippen molar-refractivity contribution in [3.8, 4) is 0 Å². The van der Waals surface area contributed by atoms with Gasteiger partial charge in [-0.15, -0.1) is 0 Å². The predicted octanol–water partition coefficient (Wildman–Crippen LogP) is 0.939. The van der Waals surface area contributed by atoms with Crippen LogP contribution in [0.25, 0.3) is 0 Å². The van der Waals surface area contributed by atoms with Gasteiger partial charge in [-0.1, -0.05) is 6.92 Å². The standard InChI is InChI=1S/C4H7F3O2S/c1-2-3(5)4(6,7)10(8)9/h3,10H,2H2,1H3. The Morgan fingerprint density at radius 1 is 1.50 bits per heavy atom. The maximum atomic E-state index is 12.0. The maximum absolute atomic E-state index is 12.0. The predicted molar refractivity (Wildman–Crippen MR) is 30.4 cm³/mol. The molecule has 0 heterocycles. The first-order valence-corrected chi connectivity index (χ1v) is 3.77. The van der Waals surface area contributed by atoms with Crippen LogP contribution in [0.2, 0.25) is 0 Å². The van der Waals surface area contributed by atoms with Crippen LogP contribution in [0, 0.1) is 0 Å². The smallest absolute Gasteiger partial charge is 0.240 e. The lowest BCUT2D eigenvalue weighted by Gasteiger charge is -2.11. The summed E-state index contributed by atoms with van der Waals surface area (Å²) in [5.41, 5.74) is 0. The third-order valence-electron chi connectivity index (χ3n) is 0.979. The average Bonchev–Trinajstić information content (AvgIpc) is 1.86. The Labute approximate surface area is 58.0 Å². The molecule has 0 spiro atoms. The molecule has 10 heavy (non-hydrogen) atoms. The molecule has 62 valence electrons. The van der Waals surface area contributed by atoms with Crippen LogP contribution in [-0.2, 0) is 10.7 Å². The van der Waals surface area contributed by atoms with E-state index in [0.717, 1.165) is 6.92 Å². The highest BCUT2D eigenvalue weighted by Crippen LogP contribution is 2.24. The summed E-state index contributed by atoms with van der Waals surface area (Å²) in [6, 6.07) is 0. The van der Waals surface area contributed by atoms with E-state index in [1.54, 1.807) is 0 Å². The zero-order chi connectivity index (χ0) is 8.36. The Morgan fingerprint density at radius 3 is 2.00 bits per heavy atom. The summed E-state index contributed by atoms with van der Waals surface area (Å²) < 4.78 is 55.3. The van der Waals surface area contributed by atoms with Crippen molar-refractivity contribution < 1.29 is 21.6 Å². The molecule has 0 N–H and O–H groups in total. The van der Waals surface area contributed by atoms with Gasteiger partial charge in [0.05, 0.1) is 0 Å². The van der Waals surface area contributed by atoms with E-state index in [4.69, 9.17) is 0 Å². The Kier molecular flexibility index (Phi) is 3.14. The van der Waals surface area contributed by atoms with Crippen molar-refractivity contribution in [3.05, 3.63) is 0 Å². The molecule has 6 heteroatoms. The average molecular weight is 176 g/mol. The second kappa shape index (κ2) is 3.23. The molecular formula is C4H7F3O2S. The molecule has 1 atom stereocenters. The normalized spacial score (nSPS) is 15.7. The number of thiol groups is 1. The maximum Gasteiger partial charge on any atom is 0.373 e. The highest BCUT2D eigenvalue weighted by atomic mass is 32.2. The van der Waals surface area contributed by atoms with Crippen molar-refractivity contribution in [3.63, 3.8) is 0 Å². The topological polar surface area (TPSA) is 34.1 Å². The molecule has 0 aromatic rings. The van der Waals surface area contributed by atoms with E-state index in [2.05, 4.69) is 0 Å². The fourth-order valence-corrected chi connectivity index (χ4v) is 0.771. The molecule has 0 saturated carbocycles. The van der Waals surface area contributed by atoms with Crippen LogP contribution in [-0.4, -0.2) is 19.8 Å². The van der Waals surface area contributed by atoms with Crippen LogP contribution >= 0.6 is 0 Å². The molecule has 0 amide bonds. The third-order valence-corrected chi connectivity index (χ3v) is 1.75. The summed E-state index contributed by atoms with van der Waals surface area (Å²) in [6.45, 7) is 1.15. The molecule has 0 fully saturated rings. The van der Waals surface area contributed by atoms with Gasteiger partial charge in [-0.25, -0.2) is 12.8 Å². The van der Waals surface area contributed by atoms with Crippen LogP contribution in [0.3, 0.4) is 0 Å². The zero-order valence-electron chi connectivity index (χ0n) is 5.18. The second-order valence-corrected chi connectivity index (χ2v) is 2.83. The van der Waals surface area contributed by atoms with Crippen molar-refractivity contribution in [2.24, 2.45) is 0 Å². The number of halogens is 3. The second-order valence-electron chi connectivity index (χ2n) is 1.72. The Morgan fingerprint density at radius 2 is 1.90 bits per heavy atom. The third kappa shape index (κ3) is 1.86. The van der Waals surface area contributed by atoms with Crippen molar-refractivity contribution in [1.29, 1.82) is 0 Å². The first-order chi connectivity index (χ1) is 4.42. The molecule has 1 unspecified atom stereocenters. The minimum atomic E-state index is -4.20. The molecule has 0 aliphatic carbocycles. The molecule has 2 nitrogen and oxygen atoms in total. The van der Waals surface area contributed by atoms with Crippen LogP contribution in [0.1, 0.15) is 13.3 Å². The molecule has 0 rings (SSSR count). The van der Waals surface area contributed by atoms with Crippen molar-refractivity contribution in [2.75, 3.05) is 0 Å². The van der Waals surface area contributed by atoms with E-state index >= 15 is 0 Å². The number of alkyl halides is 3. The van der Waals surface area contributed by atoms with Crippen LogP contribution in [0.15, 0.2) is 0 Å². The first-order valence-electron chi connectivity index (χ1n) is 2.59. The monoisotopic (exact) mass is 176 g/mol. The lowest BCUT2D eigenvalue weighted by molar-refractivity contribution is 0.00673. The van der Waals surface area contributed by atoms with E-state index in [1.165, 1.54) is 0 Å². The summed E-state index contributed by atoms with van der Waals surface area (Å²) >= 11 is 0. The first kappa shape index (κ1) is 9.74. The molecular weight excluding hydrogens is 169 g/mol. The Balaban J connectivity index is 4.39. The van der Waals surface area contributed by atoms with Gasteiger partial charge in [-0.05, 0) is 6.42 Å². The molecule has 0 radical (unpaired) electrons. The Hall–Kier alpha value is -0.260. The van der Waals surface area contributed by atoms with Crippen LogP contribution < -0.4 is 0 Å². The molecule has 0 saturated heterocycles. The molecule has 0 bridgehead atoms. The van der Waals surface area contributed by atoms with Crippen LogP contribution in [0.4, 0.5) is 13.2 Å². The summed E-state index contributed by atoms with van der Waals surface area (Å²) in [5, 5.41) is -4.20. The quantitative estimate of drug-likeness (QED) is 0.649. The highest BCUT2D eigenvalue weighted by molar-refractivity contribution is 7.73. The van der Waals surface area contributed by atoms with Crippen LogP contribution in [0.5, 0.6) is 0 Å². The summed E-state index contributed by atoms with van der Waals surface area (Å²) in [6.07, 6.45) is -3.09. The van der Waals surface area contributed by atoms with E-state index in [9.17, 15) is 21.6 Å². The van der Waals surface area contributed by atoms with Gasteiger partial charge in [0.15, 0.2) is 6.17 Å². The highest BCUT2D eigenvalue weighted by Gasteiger charge is 2.42. The van der Waals surface area contributed by atoms with E-state index in [-0.39, 0.29) is 0 Å². The molecule has 0 aromatic carbocycles. The van der Waals surface area contributed by atoms with Crippen molar-refractivity contribution in [1.82, 2.24) is 0 Å². The van der Waals surface area contributed by atoms with E-state index in [1.807, 2.05) is 0 Å². The van der Waals surface area contributed by atoms with Gasteiger partial charge in [0, 0.05) is 0 Å². The Bertz CT molecular complexity index is 169. The van der Waals surface area contributed by atoms with Gasteiger partial charge < -0.3 is 0 Å². The lowest BCUT2D eigenvalue weighted by Crippen LogP contribution is -2.30. The summed E-state index contributed by atoms with van der Waals surface area (Å²) in [5.74, 6) is 0. The molecule has 0 aliphatic rings. The fourth-order valence-electron chi connectivity index (χ4n) is 0.360. The SMILES string of the molecule is CCC(F)C(F)(F)[SH](=O)=O. The van der Waals surface area contributed by atoms with Gasteiger partial charge in [0.2, 0.25) is 10.7 Å². The minimum absolute atomic E-state index is 0.504. The molecule has 0 aliphatic heterocycles. The van der Waals surface area contributed by atoms with Crippen molar-refractivity contribution in [2.45, 2.75) is 24.8 Å². The van der Waals surface area contributed by atoms with Crippen molar-refractivity contribution >= 4 is 10.7 Å².